The smallest absolute Gasteiger partial charge is 0.367 e. The Hall–Kier alpha value is -3.42. The lowest BCUT2D eigenvalue weighted by Gasteiger charge is -2.43. The predicted octanol–water partition coefficient (Wildman–Crippen LogP) is 3.94. The molecule has 3 aromatic rings. The van der Waals surface area contributed by atoms with Gasteiger partial charge in [0.1, 0.15) is 5.82 Å². The first-order valence-corrected chi connectivity index (χ1v) is 11.1. The van der Waals surface area contributed by atoms with Crippen molar-refractivity contribution < 1.29 is 26.7 Å². The highest BCUT2D eigenvalue weighted by atomic mass is 35.5. The Morgan fingerprint density at radius 3 is 2.61 bits per heavy atom. The van der Waals surface area contributed by atoms with Gasteiger partial charge in [-0.1, -0.05) is 18.5 Å². The van der Waals surface area contributed by atoms with Crippen molar-refractivity contribution in [3.63, 3.8) is 0 Å². The SMILES string of the molecule is C[C@@H]1CC(F)(F)CN(C(=O)c2cc(Cl)ccc2-c2nnn(C)n2)[C@@H]1CNc1cnc(C(F)(F)F)cn1. The quantitative estimate of drug-likeness (QED) is 0.499. The molecule has 1 amide bonds. The van der Waals surface area contributed by atoms with Gasteiger partial charge in [0.15, 0.2) is 5.69 Å². The predicted molar refractivity (Wildman–Crippen MR) is 118 cm³/mol. The fourth-order valence-electron chi connectivity index (χ4n) is 4.09. The van der Waals surface area contributed by atoms with Crippen LogP contribution in [0.4, 0.5) is 27.8 Å². The van der Waals surface area contributed by atoms with Gasteiger partial charge in [0, 0.05) is 23.6 Å². The number of hydrogen-bond donors (Lipinski definition) is 1. The van der Waals surface area contributed by atoms with Gasteiger partial charge in [-0.2, -0.15) is 18.0 Å². The van der Waals surface area contributed by atoms with E-state index in [-0.39, 0.29) is 34.3 Å². The normalized spacial score (nSPS) is 19.8. The van der Waals surface area contributed by atoms with Crippen molar-refractivity contribution in [2.45, 2.75) is 31.5 Å². The average molecular weight is 531 g/mol. The zero-order chi connectivity index (χ0) is 26.3. The molecule has 1 N–H and O–H groups in total. The number of aryl methyl sites for hydroxylation is 1. The van der Waals surface area contributed by atoms with E-state index in [2.05, 4.69) is 30.7 Å². The van der Waals surface area contributed by atoms with Crippen LogP contribution in [0.15, 0.2) is 30.6 Å². The molecule has 1 aromatic carbocycles. The van der Waals surface area contributed by atoms with Gasteiger partial charge in [-0.05, 0) is 29.3 Å². The minimum atomic E-state index is -4.65. The number of nitrogens with zero attached hydrogens (tertiary/aromatic N) is 7. The van der Waals surface area contributed by atoms with Gasteiger partial charge in [-0.15, -0.1) is 10.2 Å². The van der Waals surface area contributed by atoms with Crippen LogP contribution in [0.25, 0.3) is 11.4 Å². The number of anilines is 1. The Kier molecular flexibility index (Phi) is 6.82. The topological polar surface area (TPSA) is 102 Å². The fourth-order valence-corrected chi connectivity index (χ4v) is 4.26. The van der Waals surface area contributed by atoms with Gasteiger partial charge in [-0.25, -0.2) is 18.7 Å². The highest BCUT2D eigenvalue weighted by molar-refractivity contribution is 6.31. The molecule has 0 saturated carbocycles. The molecule has 36 heavy (non-hydrogen) atoms. The maximum absolute atomic E-state index is 14.6. The van der Waals surface area contributed by atoms with Gasteiger partial charge in [0.2, 0.25) is 5.82 Å². The number of nitrogens with one attached hydrogen (secondary N) is 1. The van der Waals surface area contributed by atoms with Gasteiger partial charge in [0.25, 0.3) is 11.8 Å². The molecule has 2 atom stereocenters. The number of likely N-dealkylation sites (tertiary alicyclic amines) is 1. The van der Waals surface area contributed by atoms with Gasteiger partial charge < -0.3 is 10.2 Å². The number of piperidine rings is 1. The molecule has 2 aromatic heterocycles. The summed E-state index contributed by atoms with van der Waals surface area (Å²) in [6, 6.07) is 3.62. The van der Waals surface area contributed by atoms with Crippen LogP contribution < -0.4 is 5.32 Å². The molecule has 192 valence electrons. The molecule has 0 spiro atoms. The standard InChI is InChI=1S/C21H20ClF5N8O/c1-11-6-20(23,24)10-35(15(11)7-29-17-9-28-16(8-30-17)21(25,26)27)19(36)14-5-12(22)3-4-13(14)18-31-33-34(2)32-18/h3-5,8-9,11,15H,6-7,10H2,1-2H3,(H,29,30)/t11-,15-/m1/s1. The van der Waals surface area contributed by atoms with Crippen LogP contribution in [-0.2, 0) is 13.2 Å². The number of tetrazole rings is 1. The van der Waals surface area contributed by atoms with Crippen LogP contribution in [0, 0.1) is 5.92 Å². The van der Waals surface area contributed by atoms with Gasteiger partial charge >= 0.3 is 6.18 Å². The van der Waals surface area contributed by atoms with Crippen LogP contribution in [0.2, 0.25) is 5.02 Å². The molecule has 0 bridgehead atoms. The Bertz CT molecular complexity index is 1250. The lowest BCUT2D eigenvalue weighted by atomic mass is 9.87. The first-order valence-electron chi connectivity index (χ1n) is 10.7. The summed E-state index contributed by atoms with van der Waals surface area (Å²) in [5.74, 6) is -4.42. The zero-order valence-corrected chi connectivity index (χ0v) is 19.7. The second-order valence-electron chi connectivity index (χ2n) is 8.50. The molecule has 9 nitrogen and oxygen atoms in total. The van der Waals surface area contributed by atoms with Crippen molar-refractivity contribution in [3.8, 4) is 11.4 Å². The summed E-state index contributed by atoms with van der Waals surface area (Å²) < 4.78 is 67.4. The summed E-state index contributed by atoms with van der Waals surface area (Å²) in [4.78, 5) is 22.9. The summed E-state index contributed by atoms with van der Waals surface area (Å²) in [5, 5.41) is 14.7. The number of carbonyl (C=O) groups is 1. The van der Waals surface area contributed by atoms with Crippen molar-refractivity contribution in [2.24, 2.45) is 13.0 Å². The lowest BCUT2D eigenvalue weighted by Crippen LogP contribution is -2.57. The molecular weight excluding hydrogens is 511 g/mol. The first-order chi connectivity index (χ1) is 16.8. The summed E-state index contributed by atoms with van der Waals surface area (Å²) >= 11 is 6.11. The van der Waals surface area contributed by atoms with E-state index in [9.17, 15) is 26.7 Å². The largest absolute Gasteiger partial charge is 0.434 e. The molecule has 1 aliphatic heterocycles. The third-order valence-corrected chi connectivity index (χ3v) is 5.97. The number of halogens is 6. The van der Waals surface area contributed by atoms with Crippen LogP contribution >= 0.6 is 11.6 Å². The summed E-state index contributed by atoms with van der Waals surface area (Å²) in [6.45, 7) is 0.657. The molecule has 0 unspecified atom stereocenters. The lowest BCUT2D eigenvalue weighted by molar-refractivity contribution is -0.141. The number of aromatic nitrogens is 6. The Morgan fingerprint density at radius 2 is 2.00 bits per heavy atom. The fraction of sp³-hybridized carbons (Fsp3) is 0.429. The van der Waals surface area contributed by atoms with E-state index in [0.29, 0.717) is 6.20 Å². The van der Waals surface area contributed by atoms with Crippen LogP contribution in [-0.4, -0.2) is 66.0 Å². The molecule has 15 heteroatoms. The number of benzene rings is 1. The Morgan fingerprint density at radius 1 is 1.25 bits per heavy atom. The van der Waals surface area contributed by atoms with Crippen molar-refractivity contribution in [1.82, 2.24) is 35.1 Å². The third kappa shape index (κ3) is 5.53. The van der Waals surface area contributed by atoms with Gasteiger partial charge in [0.05, 0.1) is 37.6 Å². The minimum absolute atomic E-state index is 0.00661. The van der Waals surface area contributed by atoms with Crippen LogP contribution in [0.1, 0.15) is 29.4 Å². The van der Waals surface area contributed by atoms with E-state index in [0.717, 1.165) is 11.1 Å². The molecule has 0 aliphatic carbocycles. The summed E-state index contributed by atoms with van der Waals surface area (Å²) in [7, 11) is 1.53. The van der Waals surface area contributed by atoms with Crippen molar-refractivity contribution in [2.75, 3.05) is 18.4 Å². The summed E-state index contributed by atoms with van der Waals surface area (Å²) in [6.07, 6.45) is -3.66. The van der Waals surface area contributed by atoms with Crippen molar-refractivity contribution >= 4 is 23.3 Å². The molecular formula is C21H20ClF5N8O. The van der Waals surface area contributed by atoms with E-state index in [1.807, 2.05) is 0 Å². The van der Waals surface area contributed by atoms with Crippen molar-refractivity contribution in [1.29, 1.82) is 0 Å². The number of amides is 1. The Balaban J connectivity index is 1.63. The third-order valence-electron chi connectivity index (χ3n) is 5.74. The zero-order valence-electron chi connectivity index (χ0n) is 19.0. The van der Waals surface area contributed by atoms with Crippen LogP contribution in [0.5, 0.6) is 0 Å². The van der Waals surface area contributed by atoms with Crippen molar-refractivity contribution in [3.05, 3.63) is 46.9 Å². The van der Waals surface area contributed by atoms with Crippen LogP contribution in [0.3, 0.4) is 0 Å². The number of alkyl halides is 5. The number of rotatable bonds is 5. The molecule has 1 fully saturated rings. The molecule has 1 aliphatic rings. The first kappa shape index (κ1) is 25.7. The average Bonchev–Trinajstić information content (AvgIpc) is 3.22. The molecule has 3 heterocycles. The highest BCUT2D eigenvalue weighted by Crippen LogP contribution is 2.36. The van der Waals surface area contributed by atoms with E-state index in [4.69, 9.17) is 11.6 Å². The minimum Gasteiger partial charge on any atom is -0.367 e. The maximum atomic E-state index is 14.6. The van der Waals surface area contributed by atoms with E-state index >= 15 is 0 Å². The maximum Gasteiger partial charge on any atom is 0.434 e. The molecule has 0 radical (unpaired) electrons. The second kappa shape index (κ2) is 9.56. The van der Waals surface area contributed by atoms with E-state index < -0.39 is 48.6 Å². The van der Waals surface area contributed by atoms with E-state index in [1.54, 1.807) is 6.92 Å². The molecule has 4 rings (SSSR count). The highest BCUT2D eigenvalue weighted by Gasteiger charge is 2.46. The number of hydrogen-bond acceptors (Lipinski definition) is 7. The summed E-state index contributed by atoms with van der Waals surface area (Å²) in [5.41, 5.74) is -0.888. The van der Waals surface area contributed by atoms with Gasteiger partial charge in [-0.3, -0.25) is 4.79 Å². The number of carbonyl (C=O) groups excluding carboxylic acids is 1. The molecule has 1 saturated heterocycles. The van der Waals surface area contributed by atoms with E-state index in [1.165, 1.54) is 30.0 Å². The second-order valence-corrected chi connectivity index (χ2v) is 8.93. The monoisotopic (exact) mass is 530 g/mol. The Labute approximate surface area is 206 Å².